The monoisotopic (exact) mass is 459 g/mol. The van der Waals surface area contributed by atoms with E-state index in [0.717, 1.165) is 6.07 Å². The van der Waals surface area contributed by atoms with Crippen LogP contribution in [0.3, 0.4) is 0 Å². The average Bonchev–Trinajstić information content (AvgIpc) is 2.65. The van der Waals surface area contributed by atoms with Crippen LogP contribution < -0.4 is 9.84 Å². The van der Waals surface area contributed by atoms with Crippen LogP contribution in [0.5, 0.6) is 5.75 Å². The number of carbonyl (C=O) groups is 1. The molecule has 1 aromatic rings. The van der Waals surface area contributed by atoms with Crippen molar-refractivity contribution in [3.63, 3.8) is 0 Å². The van der Waals surface area contributed by atoms with Gasteiger partial charge in [0.05, 0.1) is 0 Å². The summed E-state index contributed by atoms with van der Waals surface area (Å²) >= 11 is 5.82. The zero-order chi connectivity index (χ0) is 22.1. The molecule has 0 aromatic heterocycles. The molecule has 1 aromatic carbocycles. The fourth-order valence-electron chi connectivity index (χ4n) is 2.83. The molecule has 0 aliphatic carbocycles. The molecule has 13 heteroatoms. The van der Waals surface area contributed by atoms with Gasteiger partial charge in [-0.3, -0.25) is 9.32 Å². The molecule has 0 fully saturated rings. The molecule has 3 unspecified atom stereocenters. The smallest absolute Gasteiger partial charge is 0.377 e. The van der Waals surface area contributed by atoms with Crippen LogP contribution in [0.15, 0.2) is 41.8 Å². The van der Waals surface area contributed by atoms with Crippen molar-refractivity contribution < 1.29 is 37.5 Å². The molecule has 30 heavy (non-hydrogen) atoms. The standard InChI is InChI=1S/C17H18BClFN2O7P/c1-10-21-16(23)13(19)8-22(10)6-5-15(26-2)17(18,24)29-30(25)27-9-11-7-12(20)3-4-14(11)28-30/h3-4,7-8,15,24-25H,1,5-6,9H2,2H3/p+1. The first kappa shape index (κ1) is 23.0. The summed E-state index contributed by atoms with van der Waals surface area (Å²) in [7, 11) is 3.03. The zero-order valence-corrected chi connectivity index (χ0v) is 17.5. The molecule has 160 valence electrons. The van der Waals surface area contributed by atoms with Crippen LogP contribution in [0, 0.1) is 5.82 Å². The molecular formula is C17H19BClFN2O7P+. The van der Waals surface area contributed by atoms with E-state index in [0.29, 0.717) is 5.56 Å². The molecule has 2 radical (unpaired) electrons. The fourth-order valence-corrected chi connectivity index (χ4v) is 4.35. The van der Waals surface area contributed by atoms with Gasteiger partial charge in [-0.05, 0) is 24.6 Å². The molecule has 3 rings (SSSR count). The highest BCUT2D eigenvalue weighted by Crippen LogP contribution is 2.63. The minimum absolute atomic E-state index is 0.0463. The average molecular weight is 460 g/mol. The summed E-state index contributed by atoms with van der Waals surface area (Å²) in [6.45, 7) is 3.67. The summed E-state index contributed by atoms with van der Waals surface area (Å²) in [6.07, 6.45) is 0.289. The first-order valence-corrected chi connectivity index (χ1v) is 10.5. The summed E-state index contributed by atoms with van der Waals surface area (Å²) in [6, 6.07) is 3.63. The highest BCUT2D eigenvalue weighted by molar-refractivity contribution is 7.56. The lowest BCUT2D eigenvalue weighted by atomic mass is 9.87. The Kier molecular flexibility index (Phi) is 6.73. The van der Waals surface area contributed by atoms with Crippen LogP contribution in [-0.2, 0) is 25.2 Å². The molecule has 0 bridgehead atoms. The number of aliphatic hydroxyl groups is 1. The normalized spacial score (nSPS) is 24.3. The summed E-state index contributed by atoms with van der Waals surface area (Å²) in [5, 5.41) is 13.0. The number of hydrogen-bond acceptors (Lipinski definition) is 8. The van der Waals surface area contributed by atoms with Crippen molar-refractivity contribution in [2.75, 3.05) is 13.7 Å². The Hall–Kier alpha value is -1.72. The molecule has 2 aliphatic heterocycles. The molecular weight excluding hydrogens is 440 g/mol. The number of methoxy groups -OCH3 is 1. The topological polar surface area (TPSA) is 110 Å². The molecule has 0 saturated carbocycles. The van der Waals surface area contributed by atoms with Gasteiger partial charge in [0.1, 0.15) is 29.4 Å². The highest BCUT2D eigenvalue weighted by atomic mass is 35.5. The van der Waals surface area contributed by atoms with E-state index in [1.54, 1.807) is 0 Å². The van der Waals surface area contributed by atoms with E-state index in [2.05, 4.69) is 11.9 Å². The van der Waals surface area contributed by atoms with E-state index in [-0.39, 0.29) is 36.2 Å². The third kappa shape index (κ3) is 5.12. The number of hydrogen-bond donors (Lipinski definition) is 3. The minimum atomic E-state index is -4.08. The van der Waals surface area contributed by atoms with Gasteiger partial charge in [-0.2, -0.15) is 4.89 Å². The Balaban J connectivity index is 1.66. The number of rotatable bonds is 7. The lowest BCUT2D eigenvalue weighted by Crippen LogP contribution is -2.49. The molecule has 2 heterocycles. The Bertz CT molecular complexity index is 890. The number of nitrogens with zero attached hydrogens (tertiary/aromatic N) is 1. The summed E-state index contributed by atoms with van der Waals surface area (Å²) < 4.78 is 34.2. The SMILES string of the molecule is [B]C(O)(O[P+]1(O)OCc2cc(F)ccc2O1)C(CCN1C=C(Cl)C(=O)NC1=C)OC. The van der Waals surface area contributed by atoms with Crippen LogP contribution in [0.1, 0.15) is 12.0 Å². The summed E-state index contributed by atoms with van der Waals surface area (Å²) in [5.41, 5.74) is -2.15. The Labute approximate surface area is 179 Å². The van der Waals surface area contributed by atoms with Gasteiger partial charge in [0.2, 0.25) is 0 Å². The van der Waals surface area contributed by atoms with Gasteiger partial charge in [0.25, 0.3) is 5.91 Å². The van der Waals surface area contributed by atoms with Crippen molar-refractivity contribution in [1.29, 1.82) is 0 Å². The van der Waals surface area contributed by atoms with Gasteiger partial charge in [0, 0.05) is 25.4 Å². The van der Waals surface area contributed by atoms with E-state index >= 15 is 0 Å². The summed E-state index contributed by atoms with van der Waals surface area (Å²) in [5.74, 6) is -0.568. The number of ether oxygens (including phenoxy) is 1. The third-order valence-electron chi connectivity index (χ3n) is 4.35. The maximum Gasteiger partial charge on any atom is 0.621 e. The van der Waals surface area contributed by atoms with E-state index < -0.39 is 31.7 Å². The highest BCUT2D eigenvalue weighted by Gasteiger charge is 2.57. The molecule has 0 saturated heterocycles. The lowest BCUT2D eigenvalue weighted by molar-refractivity contribution is -0.172. The van der Waals surface area contributed by atoms with Gasteiger partial charge >= 0.3 is 8.17 Å². The minimum Gasteiger partial charge on any atom is -0.377 e. The number of carbonyl (C=O) groups excluding carboxylic acids is 1. The van der Waals surface area contributed by atoms with Crippen molar-refractivity contribution >= 4 is 33.5 Å². The first-order valence-electron chi connectivity index (χ1n) is 8.66. The van der Waals surface area contributed by atoms with E-state index in [1.165, 1.54) is 30.3 Å². The van der Waals surface area contributed by atoms with Gasteiger partial charge in [-0.25, -0.2) is 4.39 Å². The van der Waals surface area contributed by atoms with E-state index in [9.17, 15) is 19.2 Å². The largest absolute Gasteiger partial charge is 0.621 e. The quantitative estimate of drug-likeness (QED) is 0.321. The van der Waals surface area contributed by atoms with Crippen molar-refractivity contribution in [1.82, 2.24) is 10.2 Å². The lowest BCUT2D eigenvalue weighted by Gasteiger charge is -2.34. The molecule has 3 N–H and O–H groups in total. The van der Waals surface area contributed by atoms with Crippen LogP contribution >= 0.6 is 19.8 Å². The number of amides is 1. The second-order valence-corrected chi connectivity index (χ2v) is 8.48. The van der Waals surface area contributed by atoms with Gasteiger partial charge < -0.3 is 20.1 Å². The summed E-state index contributed by atoms with van der Waals surface area (Å²) in [4.78, 5) is 23.6. The van der Waals surface area contributed by atoms with Gasteiger partial charge in [-0.1, -0.05) is 18.2 Å². The second kappa shape index (κ2) is 8.80. The van der Waals surface area contributed by atoms with Gasteiger partial charge in [-0.15, -0.1) is 9.05 Å². The van der Waals surface area contributed by atoms with Crippen molar-refractivity contribution in [2.45, 2.75) is 24.8 Å². The molecule has 0 spiro atoms. The van der Waals surface area contributed by atoms with Crippen molar-refractivity contribution in [3.05, 3.63) is 53.2 Å². The number of halogens is 2. The fraction of sp³-hybridized carbons (Fsp3) is 0.353. The predicted octanol–water partition coefficient (Wildman–Crippen LogP) is 1.62. The van der Waals surface area contributed by atoms with Gasteiger partial charge in [0.15, 0.2) is 19.3 Å². The molecule has 2 aliphatic rings. The maximum atomic E-state index is 13.3. The van der Waals surface area contributed by atoms with Crippen LogP contribution in [0.4, 0.5) is 4.39 Å². The first-order chi connectivity index (χ1) is 14.0. The Morgan fingerprint density at radius 1 is 1.57 bits per heavy atom. The number of benzene rings is 1. The van der Waals surface area contributed by atoms with Crippen molar-refractivity contribution in [3.8, 4) is 5.75 Å². The zero-order valence-electron chi connectivity index (χ0n) is 15.9. The van der Waals surface area contributed by atoms with E-state index in [1.807, 2.05) is 0 Å². The van der Waals surface area contributed by atoms with Crippen LogP contribution in [-0.4, -0.2) is 54.1 Å². The Morgan fingerprint density at radius 2 is 2.30 bits per heavy atom. The van der Waals surface area contributed by atoms with E-state index in [4.69, 9.17) is 37.8 Å². The van der Waals surface area contributed by atoms with Crippen LogP contribution in [0.2, 0.25) is 0 Å². The maximum absolute atomic E-state index is 13.3. The third-order valence-corrected chi connectivity index (χ3v) is 6.02. The molecule has 3 atom stereocenters. The second-order valence-electron chi connectivity index (χ2n) is 6.51. The van der Waals surface area contributed by atoms with Crippen molar-refractivity contribution in [2.24, 2.45) is 0 Å². The number of fused-ring (bicyclic) bond motifs is 1. The van der Waals surface area contributed by atoms with Crippen LogP contribution in [0.25, 0.3) is 0 Å². The Morgan fingerprint density at radius 3 is 3.00 bits per heavy atom. The molecule has 1 amide bonds. The number of nitrogens with one attached hydrogen (secondary N) is 1. The molecule has 9 nitrogen and oxygen atoms in total. The predicted molar refractivity (Wildman–Crippen MR) is 106 cm³/mol.